The Hall–Kier alpha value is -2.37. The van der Waals surface area contributed by atoms with Gasteiger partial charge < -0.3 is 10.4 Å². The summed E-state index contributed by atoms with van der Waals surface area (Å²) in [6.45, 7) is 1.85. The number of carbonyl (C=O) groups excluding carboxylic acids is 1. The zero-order valence-corrected chi connectivity index (χ0v) is 19.9. The van der Waals surface area contributed by atoms with Gasteiger partial charge in [-0.2, -0.15) is 0 Å². The van der Waals surface area contributed by atoms with Gasteiger partial charge in [0.1, 0.15) is 0 Å². The number of piperidine rings is 1. The Balaban J connectivity index is 1.47. The Morgan fingerprint density at radius 1 is 0.939 bits per heavy atom. The van der Waals surface area contributed by atoms with Gasteiger partial charge in [0.05, 0.1) is 28.1 Å². The lowest BCUT2D eigenvalue weighted by Crippen LogP contribution is -2.47. The Morgan fingerprint density at radius 2 is 1.58 bits per heavy atom. The molecule has 1 saturated heterocycles. The van der Waals surface area contributed by atoms with Crippen molar-refractivity contribution in [3.63, 3.8) is 0 Å². The summed E-state index contributed by atoms with van der Waals surface area (Å²) in [6, 6.07) is 25.1. The van der Waals surface area contributed by atoms with Crippen LogP contribution >= 0.6 is 23.2 Å². The zero-order valence-electron chi connectivity index (χ0n) is 18.4. The molecule has 3 aromatic carbocycles. The summed E-state index contributed by atoms with van der Waals surface area (Å²) in [5, 5.41) is 15.3. The highest BCUT2D eigenvalue weighted by Gasteiger charge is 2.36. The summed E-state index contributed by atoms with van der Waals surface area (Å²) in [5.74, 6) is -0.0240. The van der Waals surface area contributed by atoms with Crippen LogP contribution in [0.3, 0.4) is 0 Å². The number of hydrogen-bond acceptors (Lipinski definition) is 3. The van der Waals surface area contributed by atoms with Crippen molar-refractivity contribution in [1.82, 2.24) is 10.2 Å². The number of amides is 1. The molecule has 1 fully saturated rings. The Bertz CT molecular complexity index is 1070. The van der Waals surface area contributed by atoms with Crippen LogP contribution in [-0.4, -0.2) is 35.5 Å². The summed E-state index contributed by atoms with van der Waals surface area (Å²) in [7, 11) is 0. The van der Waals surface area contributed by atoms with E-state index >= 15 is 0 Å². The minimum Gasteiger partial charge on any atom is -0.385 e. The largest absolute Gasteiger partial charge is 0.385 e. The Labute approximate surface area is 205 Å². The first-order valence-electron chi connectivity index (χ1n) is 11.2. The molecule has 1 unspecified atom stereocenters. The third kappa shape index (κ3) is 5.96. The highest BCUT2D eigenvalue weighted by Crippen LogP contribution is 2.36. The number of carbonyl (C=O) groups is 1. The van der Waals surface area contributed by atoms with Crippen LogP contribution in [0.4, 0.5) is 0 Å². The van der Waals surface area contributed by atoms with Gasteiger partial charge in [0, 0.05) is 19.6 Å². The fraction of sp³-hybridized carbons (Fsp3) is 0.296. The zero-order chi connectivity index (χ0) is 23.3. The van der Waals surface area contributed by atoms with E-state index in [0.29, 0.717) is 48.9 Å². The van der Waals surface area contributed by atoms with Gasteiger partial charge in [0.25, 0.3) is 0 Å². The van der Waals surface area contributed by atoms with Gasteiger partial charge in [0.2, 0.25) is 5.91 Å². The second kappa shape index (κ2) is 10.7. The van der Waals surface area contributed by atoms with Crippen molar-refractivity contribution in [1.29, 1.82) is 0 Å². The van der Waals surface area contributed by atoms with Crippen LogP contribution in [0.25, 0.3) is 0 Å². The third-order valence-electron chi connectivity index (χ3n) is 6.41. The monoisotopic (exact) mass is 482 g/mol. The number of nitrogens with zero attached hydrogens (tertiary/aromatic N) is 1. The fourth-order valence-corrected chi connectivity index (χ4v) is 4.78. The van der Waals surface area contributed by atoms with Crippen LogP contribution in [0.2, 0.25) is 10.0 Å². The minimum atomic E-state index is -0.837. The second-order valence-corrected chi connectivity index (χ2v) is 9.40. The van der Waals surface area contributed by atoms with Gasteiger partial charge in [-0.25, -0.2) is 0 Å². The van der Waals surface area contributed by atoms with Gasteiger partial charge in [-0.3, -0.25) is 9.69 Å². The molecule has 4 nitrogen and oxygen atoms in total. The highest BCUT2D eigenvalue weighted by atomic mass is 35.5. The maximum absolute atomic E-state index is 12.6. The van der Waals surface area contributed by atoms with E-state index in [0.717, 1.165) is 16.7 Å². The molecule has 1 atom stereocenters. The van der Waals surface area contributed by atoms with Crippen molar-refractivity contribution in [2.75, 3.05) is 19.6 Å². The summed E-state index contributed by atoms with van der Waals surface area (Å²) in [6.07, 6.45) is 1.57. The molecule has 0 aromatic heterocycles. The molecule has 0 saturated carbocycles. The molecule has 2 N–H and O–H groups in total. The summed E-state index contributed by atoms with van der Waals surface area (Å²) in [5.41, 5.74) is 2.09. The molecule has 33 heavy (non-hydrogen) atoms. The van der Waals surface area contributed by atoms with Gasteiger partial charge >= 0.3 is 0 Å². The third-order valence-corrected chi connectivity index (χ3v) is 7.14. The van der Waals surface area contributed by atoms with Gasteiger partial charge in [-0.1, -0.05) is 89.9 Å². The van der Waals surface area contributed by atoms with E-state index in [-0.39, 0.29) is 11.9 Å². The number of halogens is 2. The number of nitrogens with one attached hydrogen (secondary N) is 1. The SMILES string of the molecule is O=C(Cc1ccccc1)NCC(c1ccc(Cl)c(Cl)c1)N1CCC(O)(c2ccccc2)CC1. The molecule has 0 aliphatic carbocycles. The molecule has 0 spiro atoms. The molecule has 1 amide bonds. The molecule has 1 aliphatic heterocycles. The predicted octanol–water partition coefficient (Wildman–Crippen LogP) is 5.38. The molecule has 0 radical (unpaired) electrons. The quantitative estimate of drug-likeness (QED) is 0.475. The second-order valence-electron chi connectivity index (χ2n) is 8.59. The van der Waals surface area contributed by atoms with E-state index in [1.807, 2.05) is 72.8 Å². The van der Waals surface area contributed by atoms with Crippen LogP contribution in [0.15, 0.2) is 78.9 Å². The van der Waals surface area contributed by atoms with Crippen LogP contribution in [0, 0.1) is 0 Å². The first-order valence-corrected chi connectivity index (χ1v) is 12.0. The van der Waals surface area contributed by atoms with Crippen molar-refractivity contribution in [2.45, 2.75) is 30.9 Å². The Morgan fingerprint density at radius 3 is 2.21 bits per heavy atom. The predicted molar refractivity (Wildman–Crippen MR) is 134 cm³/mol. The molecule has 6 heteroatoms. The number of benzene rings is 3. The maximum atomic E-state index is 12.6. The van der Waals surface area contributed by atoms with E-state index in [9.17, 15) is 9.90 Å². The van der Waals surface area contributed by atoms with E-state index in [4.69, 9.17) is 23.2 Å². The standard InChI is InChI=1S/C27H28Cl2N2O2/c28-23-12-11-21(18-24(23)29)25(19-30-26(32)17-20-7-3-1-4-8-20)31-15-13-27(33,14-16-31)22-9-5-2-6-10-22/h1-12,18,25,33H,13-17,19H2,(H,30,32). The smallest absolute Gasteiger partial charge is 0.224 e. The molecule has 1 heterocycles. The van der Waals surface area contributed by atoms with Crippen molar-refractivity contribution < 1.29 is 9.90 Å². The van der Waals surface area contributed by atoms with Crippen molar-refractivity contribution >= 4 is 29.1 Å². The van der Waals surface area contributed by atoms with E-state index in [1.54, 1.807) is 6.07 Å². The van der Waals surface area contributed by atoms with Crippen LogP contribution in [-0.2, 0) is 16.8 Å². The van der Waals surface area contributed by atoms with Gasteiger partial charge in [-0.15, -0.1) is 0 Å². The molecule has 0 bridgehead atoms. The van der Waals surface area contributed by atoms with Gasteiger partial charge in [-0.05, 0) is 41.7 Å². The van der Waals surface area contributed by atoms with Crippen molar-refractivity contribution in [3.8, 4) is 0 Å². The number of aliphatic hydroxyl groups is 1. The molecule has 172 valence electrons. The first kappa shape index (κ1) is 23.8. The Kier molecular flexibility index (Phi) is 7.71. The van der Waals surface area contributed by atoms with Crippen LogP contribution < -0.4 is 5.32 Å². The van der Waals surface area contributed by atoms with Crippen LogP contribution in [0.1, 0.15) is 35.6 Å². The van der Waals surface area contributed by atoms with E-state index < -0.39 is 5.60 Å². The van der Waals surface area contributed by atoms with Crippen LogP contribution in [0.5, 0.6) is 0 Å². The summed E-state index contributed by atoms with van der Waals surface area (Å²) in [4.78, 5) is 14.9. The van der Waals surface area contributed by atoms with E-state index in [1.165, 1.54) is 0 Å². The van der Waals surface area contributed by atoms with Crippen molar-refractivity contribution in [3.05, 3.63) is 106 Å². The number of likely N-dealkylation sites (tertiary alicyclic amines) is 1. The van der Waals surface area contributed by atoms with E-state index in [2.05, 4.69) is 10.2 Å². The highest BCUT2D eigenvalue weighted by molar-refractivity contribution is 6.42. The fourth-order valence-electron chi connectivity index (χ4n) is 4.47. The van der Waals surface area contributed by atoms with Crippen molar-refractivity contribution in [2.24, 2.45) is 0 Å². The lowest BCUT2D eigenvalue weighted by molar-refractivity contribution is -0.120. The molecular formula is C27H28Cl2N2O2. The number of hydrogen-bond donors (Lipinski definition) is 2. The maximum Gasteiger partial charge on any atom is 0.224 e. The number of rotatable bonds is 7. The molecule has 4 rings (SSSR count). The average Bonchev–Trinajstić information content (AvgIpc) is 2.84. The minimum absolute atomic E-state index is 0.0240. The molecule has 1 aliphatic rings. The lowest BCUT2D eigenvalue weighted by atomic mass is 9.83. The average molecular weight is 483 g/mol. The lowest BCUT2D eigenvalue weighted by Gasteiger charge is -2.42. The molecule has 3 aromatic rings. The topological polar surface area (TPSA) is 52.6 Å². The normalized spacial score (nSPS) is 16.8. The first-order chi connectivity index (χ1) is 15.9. The summed E-state index contributed by atoms with van der Waals surface area (Å²) >= 11 is 12.5. The van der Waals surface area contributed by atoms with Gasteiger partial charge in [0.15, 0.2) is 0 Å². The molecular weight excluding hydrogens is 455 g/mol. The summed E-state index contributed by atoms with van der Waals surface area (Å²) < 4.78 is 0.